The molecule has 2 saturated heterocycles. The van der Waals surface area contributed by atoms with E-state index in [4.69, 9.17) is 0 Å². The Morgan fingerprint density at radius 3 is 2.38 bits per heavy atom. The molecule has 2 fully saturated rings. The SMILES string of the molecule is CC1CC(C)CN(CCN(CCC(=O)N2CCNCC2)S(=O)(=O)c2ccc(F)c(F)c2)C1. The van der Waals surface area contributed by atoms with Gasteiger partial charge in [0.25, 0.3) is 0 Å². The number of rotatable bonds is 8. The van der Waals surface area contributed by atoms with Crippen molar-refractivity contribution in [2.45, 2.75) is 31.6 Å². The van der Waals surface area contributed by atoms with E-state index in [1.165, 1.54) is 4.31 Å². The molecule has 0 aliphatic carbocycles. The zero-order chi connectivity index (χ0) is 23.3. The van der Waals surface area contributed by atoms with Crippen LogP contribution < -0.4 is 5.32 Å². The van der Waals surface area contributed by atoms with E-state index >= 15 is 0 Å². The highest BCUT2D eigenvalue weighted by atomic mass is 32.2. The molecule has 0 aromatic heterocycles. The normalized spacial score (nSPS) is 23.0. The quantitative estimate of drug-likeness (QED) is 0.624. The molecule has 0 radical (unpaired) electrons. The number of benzene rings is 1. The van der Waals surface area contributed by atoms with E-state index in [1.54, 1.807) is 4.90 Å². The third kappa shape index (κ3) is 6.46. The van der Waals surface area contributed by atoms with Crippen molar-refractivity contribution in [2.75, 3.05) is 58.9 Å². The van der Waals surface area contributed by atoms with Gasteiger partial charge in [0.1, 0.15) is 0 Å². The van der Waals surface area contributed by atoms with Crippen molar-refractivity contribution in [2.24, 2.45) is 11.8 Å². The van der Waals surface area contributed by atoms with Gasteiger partial charge in [-0.25, -0.2) is 17.2 Å². The van der Waals surface area contributed by atoms with Crippen molar-refractivity contribution in [1.29, 1.82) is 0 Å². The van der Waals surface area contributed by atoms with Gasteiger partial charge in [0.15, 0.2) is 11.6 Å². The lowest BCUT2D eigenvalue weighted by atomic mass is 9.92. The van der Waals surface area contributed by atoms with Gasteiger partial charge >= 0.3 is 0 Å². The van der Waals surface area contributed by atoms with Crippen LogP contribution in [0.15, 0.2) is 23.1 Å². The molecule has 10 heteroatoms. The zero-order valence-electron chi connectivity index (χ0n) is 18.9. The first kappa shape index (κ1) is 25.0. The Hall–Kier alpha value is -1.62. The Morgan fingerprint density at radius 2 is 1.75 bits per heavy atom. The monoisotopic (exact) mass is 472 g/mol. The van der Waals surface area contributed by atoms with E-state index in [-0.39, 0.29) is 30.3 Å². The fourth-order valence-electron chi connectivity index (χ4n) is 4.66. The summed E-state index contributed by atoms with van der Waals surface area (Å²) in [5.74, 6) is -1.34. The molecule has 2 aliphatic heterocycles. The number of hydrogen-bond donors (Lipinski definition) is 1. The van der Waals surface area contributed by atoms with Crippen LogP contribution in [-0.4, -0.2) is 87.3 Å². The molecule has 0 spiro atoms. The number of halogens is 2. The molecule has 1 aromatic carbocycles. The molecular weight excluding hydrogens is 438 g/mol. The molecule has 1 amide bonds. The van der Waals surface area contributed by atoms with Crippen molar-refractivity contribution >= 4 is 15.9 Å². The minimum absolute atomic E-state index is 0.00301. The summed E-state index contributed by atoms with van der Waals surface area (Å²) in [6.07, 6.45) is 1.20. The summed E-state index contributed by atoms with van der Waals surface area (Å²) in [7, 11) is -4.08. The molecule has 2 atom stereocenters. The van der Waals surface area contributed by atoms with Gasteiger partial charge in [-0.3, -0.25) is 4.79 Å². The van der Waals surface area contributed by atoms with Crippen molar-refractivity contribution in [1.82, 2.24) is 19.4 Å². The number of piperidine rings is 1. The van der Waals surface area contributed by atoms with Crippen LogP contribution in [0.1, 0.15) is 26.7 Å². The number of carbonyl (C=O) groups is 1. The van der Waals surface area contributed by atoms with Gasteiger partial charge in [-0.05, 0) is 36.5 Å². The van der Waals surface area contributed by atoms with Gasteiger partial charge in [0.2, 0.25) is 15.9 Å². The van der Waals surface area contributed by atoms with Crippen LogP contribution in [0.3, 0.4) is 0 Å². The largest absolute Gasteiger partial charge is 0.340 e. The number of nitrogens with zero attached hydrogens (tertiary/aromatic N) is 3. The van der Waals surface area contributed by atoms with Crippen LogP contribution >= 0.6 is 0 Å². The number of amides is 1. The lowest BCUT2D eigenvalue weighted by molar-refractivity contribution is -0.131. The standard InChI is InChI=1S/C22H34F2N4O3S/c1-17-13-18(2)16-26(15-17)11-12-28(8-5-22(29)27-9-6-25-7-10-27)32(30,31)19-3-4-20(23)21(24)14-19/h3-4,14,17-18,25H,5-13,15-16H2,1-2H3. The number of hydrogen-bond acceptors (Lipinski definition) is 5. The molecule has 1 aromatic rings. The Balaban J connectivity index is 1.73. The molecule has 32 heavy (non-hydrogen) atoms. The molecule has 3 rings (SSSR count). The fraction of sp³-hybridized carbons (Fsp3) is 0.682. The number of piperazine rings is 1. The van der Waals surface area contributed by atoms with Gasteiger partial charge in [-0.15, -0.1) is 0 Å². The first-order chi connectivity index (χ1) is 15.2. The summed E-state index contributed by atoms with van der Waals surface area (Å²) in [5, 5.41) is 3.18. The van der Waals surface area contributed by atoms with Gasteiger partial charge in [0, 0.05) is 65.3 Å². The van der Waals surface area contributed by atoms with Crippen LogP contribution in [0.4, 0.5) is 8.78 Å². The fourth-order valence-corrected chi connectivity index (χ4v) is 6.10. The van der Waals surface area contributed by atoms with E-state index in [0.717, 1.165) is 31.6 Å². The summed E-state index contributed by atoms with van der Waals surface area (Å²) < 4.78 is 54.9. The maximum Gasteiger partial charge on any atom is 0.243 e. The molecule has 2 heterocycles. The average molecular weight is 473 g/mol. The van der Waals surface area contributed by atoms with Crippen LogP contribution in [0.5, 0.6) is 0 Å². The summed E-state index contributed by atoms with van der Waals surface area (Å²) in [4.78, 5) is 16.3. The Labute approximate surface area is 189 Å². The van der Waals surface area contributed by atoms with Crippen molar-refractivity contribution in [3.05, 3.63) is 29.8 Å². The Kier molecular flexibility index (Phi) is 8.60. The predicted molar refractivity (Wildman–Crippen MR) is 119 cm³/mol. The minimum Gasteiger partial charge on any atom is -0.340 e. The Morgan fingerprint density at radius 1 is 1.09 bits per heavy atom. The predicted octanol–water partition coefficient (Wildman–Crippen LogP) is 1.76. The first-order valence-electron chi connectivity index (χ1n) is 11.3. The molecule has 2 unspecified atom stereocenters. The molecule has 1 N–H and O–H groups in total. The van der Waals surface area contributed by atoms with E-state index in [1.807, 2.05) is 0 Å². The molecule has 180 valence electrons. The third-order valence-corrected chi connectivity index (χ3v) is 8.08. The van der Waals surface area contributed by atoms with Gasteiger partial charge in [-0.1, -0.05) is 13.8 Å². The summed E-state index contributed by atoms with van der Waals surface area (Å²) in [6.45, 7) is 9.50. The van der Waals surface area contributed by atoms with Crippen LogP contribution in [-0.2, 0) is 14.8 Å². The number of likely N-dealkylation sites (tertiary alicyclic amines) is 1. The van der Waals surface area contributed by atoms with E-state index < -0.39 is 21.7 Å². The van der Waals surface area contributed by atoms with E-state index in [0.29, 0.717) is 50.6 Å². The second kappa shape index (κ2) is 11.0. The number of nitrogens with one attached hydrogen (secondary N) is 1. The maximum absolute atomic E-state index is 13.8. The smallest absolute Gasteiger partial charge is 0.243 e. The molecule has 7 nitrogen and oxygen atoms in total. The van der Waals surface area contributed by atoms with E-state index in [9.17, 15) is 22.0 Å². The lowest BCUT2D eigenvalue weighted by Gasteiger charge is -2.36. The van der Waals surface area contributed by atoms with Crippen LogP contribution in [0.25, 0.3) is 0 Å². The van der Waals surface area contributed by atoms with E-state index in [2.05, 4.69) is 24.1 Å². The summed E-state index contributed by atoms with van der Waals surface area (Å²) in [5.41, 5.74) is 0. The van der Waals surface area contributed by atoms with Crippen molar-refractivity contribution < 1.29 is 22.0 Å². The molecule has 0 saturated carbocycles. The number of sulfonamides is 1. The molecular formula is C22H34F2N4O3S. The highest BCUT2D eigenvalue weighted by molar-refractivity contribution is 7.89. The molecule has 2 aliphatic rings. The third-order valence-electron chi connectivity index (χ3n) is 6.18. The topological polar surface area (TPSA) is 73.0 Å². The highest BCUT2D eigenvalue weighted by Gasteiger charge is 2.29. The zero-order valence-corrected chi connectivity index (χ0v) is 19.7. The van der Waals surface area contributed by atoms with Crippen LogP contribution in [0.2, 0.25) is 0 Å². The minimum atomic E-state index is -4.08. The summed E-state index contributed by atoms with van der Waals surface area (Å²) in [6, 6.07) is 2.60. The lowest BCUT2D eigenvalue weighted by Crippen LogP contribution is -2.48. The van der Waals surface area contributed by atoms with Gasteiger partial charge in [-0.2, -0.15) is 4.31 Å². The van der Waals surface area contributed by atoms with Gasteiger partial charge < -0.3 is 15.1 Å². The highest BCUT2D eigenvalue weighted by Crippen LogP contribution is 2.22. The van der Waals surface area contributed by atoms with Gasteiger partial charge in [0.05, 0.1) is 4.90 Å². The van der Waals surface area contributed by atoms with Crippen molar-refractivity contribution in [3.8, 4) is 0 Å². The number of carbonyl (C=O) groups excluding carboxylic acids is 1. The second-order valence-electron chi connectivity index (χ2n) is 9.07. The second-order valence-corrected chi connectivity index (χ2v) is 11.0. The summed E-state index contributed by atoms with van der Waals surface area (Å²) >= 11 is 0. The Bertz CT molecular complexity index is 883. The average Bonchev–Trinajstić information content (AvgIpc) is 2.75. The van der Waals surface area contributed by atoms with Crippen molar-refractivity contribution in [3.63, 3.8) is 0 Å². The maximum atomic E-state index is 13.8. The first-order valence-corrected chi connectivity index (χ1v) is 12.8. The molecule has 0 bridgehead atoms. The van der Waals surface area contributed by atoms with Crippen LogP contribution in [0, 0.1) is 23.5 Å².